The summed E-state index contributed by atoms with van der Waals surface area (Å²) in [7, 11) is 3.40. The highest BCUT2D eigenvalue weighted by atomic mass is 16.5. The van der Waals surface area contributed by atoms with E-state index in [1.54, 1.807) is 24.1 Å². The first kappa shape index (κ1) is 13.7. The first-order valence-corrected chi connectivity index (χ1v) is 6.04. The standard InChI is InChI=1S/C15H16N2O3/c1-17(11-7-3-4-9-13(11)20-2)12-8-5-6-10(14(12)16)15(18)19/h3-9H,16H2,1-2H3,(H,18,19). The fraction of sp³-hybridized carbons (Fsp3) is 0.133. The van der Waals surface area contributed by atoms with Crippen molar-refractivity contribution in [1.29, 1.82) is 0 Å². The molecule has 2 rings (SSSR count). The number of benzene rings is 2. The lowest BCUT2D eigenvalue weighted by molar-refractivity contribution is 0.0698. The second-order valence-electron chi connectivity index (χ2n) is 4.27. The SMILES string of the molecule is COc1ccccc1N(C)c1cccc(C(=O)O)c1N. The van der Waals surface area contributed by atoms with Gasteiger partial charge in [-0.15, -0.1) is 0 Å². The van der Waals surface area contributed by atoms with Crippen LogP contribution in [-0.4, -0.2) is 25.2 Å². The molecule has 2 aromatic rings. The number of ether oxygens (including phenoxy) is 1. The lowest BCUT2D eigenvalue weighted by Gasteiger charge is -2.23. The number of anilines is 3. The van der Waals surface area contributed by atoms with Gasteiger partial charge in [0.25, 0.3) is 0 Å². The van der Waals surface area contributed by atoms with E-state index in [1.165, 1.54) is 6.07 Å². The van der Waals surface area contributed by atoms with Gasteiger partial charge < -0.3 is 20.5 Å². The predicted molar refractivity (Wildman–Crippen MR) is 78.9 cm³/mol. The molecule has 2 aromatic carbocycles. The van der Waals surface area contributed by atoms with E-state index in [1.807, 2.05) is 31.3 Å². The van der Waals surface area contributed by atoms with E-state index in [9.17, 15) is 4.79 Å². The first-order chi connectivity index (χ1) is 9.56. The summed E-state index contributed by atoms with van der Waals surface area (Å²) < 4.78 is 5.31. The Bertz CT molecular complexity index is 641. The number of carboxylic acids is 1. The number of rotatable bonds is 4. The Kier molecular flexibility index (Phi) is 3.79. The lowest BCUT2D eigenvalue weighted by atomic mass is 10.1. The summed E-state index contributed by atoms with van der Waals surface area (Å²) in [6.07, 6.45) is 0. The quantitative estimate of drug-likeness (QED) is 0.837. The van der Waals surface area contributed by atoms with E-state index in [-0.39, 0.29) is 11.3 Å². The highest BCUT2D eigenvalue weighted by molar-refractivity contribution is 5.98. The van der Waals surface area contributed by atoms with E-state index in [2.05, 4.69) is 0 Å². The van der Waals surface area contributed by atoms with Gasteiger partial charge in [0.05, 0.1) is 29.7 Å². The fourth-order valence-corrected chi connectivity index (χ4v) is 2.07. The maximum atomic E-state index is 11.1. The van der Waals surface area contributed by atoms with Gasteiger partial charge in [0.2, 0.25) is 0 Å². The minimum Gasteiger partial charge on any atom is -0.495 e. The third-order valence-electron chi connectivity index (χ3n) is 3.12. The van der Waals surface area contributed by atoms with Gasteiger partial charge in [-0.2, -0.15) is 0 Å². The molecule has 0 fully saturated rings. The van der Waals surface area contributed by atoms with Crippen LogP contribution in [0.5, 0.6) is 5.75 Å². The zero-order valence-electron chi connectivity index (χ0n) is 11.3. The fourth-order valence-electron chi connectivity index (χ4n) is 2.07. The number of hydrogen-bond acceptors (Lipinski definition) is 4. The van der Waals surface area contributed by atoms with Gasteiger partial charge >= 0.3 is 5.97 Å². The maximum Gasteiger partial charge on any atom is 0.337 e. The van der Waals surface area contributed by atoms with Gasteiger partial charge in [-0.3, -0.25) is 0 Å². The van der Waals surface area contributed by atoms with E-state index < -0.39 is 5.97 Å². The van der Waals surface area contributed by atoms with Gasteiger partial charge in [0, 0.05) is 7.05 Å². The summed E-state index contributed by atoms with van der Waals surface area (Å²) in [6, 6.07) is 12.4. The minimum atomic E-state index is -1.04. The molecule has 0 bridgehead atoms. The van der Waals surface area contributed by atoms with Crippen molar-refractivity contribution in [3.8, 4) is 5.75 Å². The molecule has 0 aliphatic heterocycles. The third kappa shape index (κ3) is 2.38. The Morgan fingerprint density at radius 3 is 2.45 bits per heavy atom. The third-order valence-corrected chi connectivity index (χ3v) is 3.12. The monoisotopic (exact) mass is 272 g/mol. The zero-order valence-corrected chi connectivity index (χ0v) is 11.3. The summed E-state index contributed by atoms with van der Waals surface area (Å²) in [5.41, 5.74) is 7.70. The number of para-hydroxylation sites is 3. The molecule has 104 valence electrons. The molecule has 0 heterocycles. The number of nitrogens with zero attached hydrogens (tertiary/aromatic N) is 1. The van der Waals surface area contributed by atoms with Crippen LogP contribution in [0.4, 0.5) is 17.1 Å². The number of nitrogens with two attached hydrogens (primary N) is 1. The molecular formula is C15H16N2O3. The van der Waals surface area contributed by atoms with Crippen LogP contribution in [0.1, 0.15) is 10.4 Å². The molecule has 0 aromatic heterocycles. The van der Waals surface area contributed by atoms with E-state index in [0.29, 0.717) is 11.4 Å². The van der Waals surface area contributed by atoms with Crippen molar-refractivity contribution in [2.75, 3.05) is 24.8 Å². The van der Waals surface area contributed by atoms with E-state index in [4.69, 9.17) is 15.6 Å². The molecule has 0 saturated heterocycles. The van der Waals surface area contributed by atoms with Crippen LogP contribution in [-0.2, 0) is 0 Å². The van der Waals surface area contributed by atoms with Gasteiger partial charge in [-0.25, -0.2) is 4.79 Å². The van der Waals surface area contributed by atoms with Crippen molar-refractivity contribution >= 4 is 23.0 Å². The van der Waals surface area contributed by atoms with Crippen LogP contribution in [0.3, 0.4) is 0 Å². The smallest absolute Gasteiger partial charge is 0.337 e. The molecule has 0 spiro atoms. The van der Waals surface area contributed by atoms with Crippen molar-refractivity contribution in [1.82, 2.24) is 0 Å². The van der Waals surface area contributed by atoms with Crippen LogP contribution in [0.25, 0.3) is 0 Å². The minimum absolute atomic E-state index is 0.0873. The topological polar surface area (TPSA) is 75.8 Å². The van der Waals surface area contributed by atoms with Crippen molar-refractivity contribution in [2.45, 2.75) is 0 Å². The Morgan fingerprint density at radius 1 is 1.15 bits per heavy atom. The molecule has 3 N–H and O–H groups in total. The van der Waals surface area contributed by atoms with Crippen molar-refractivity contribution in [3.63, 3.8) is 0 Å². The molecule has 20 heavy (non-hydrogen) atoms. The highest BCUT2D eigenvalue weighted by Crippen LogP contribution is 2.36. The lowest BCUT2D eigenvalue weighted by Crippen LogP contribution is -2.14. The molecule has 0 saturated carbocycles. The number of hydrogen-bond donors (Lipinski definition) is 2. The largest absolute Gasteiger partial charge is 0.495 e. The Hall–Kier alpha value is -2.69. The molecule has 5 nitrogen and oxygen atoms in total. The van der Waals surface area contributed by atoms with Crippen molar-refractivity contribution in [2.24, 2.45) is 0 Å². The summed E-state index contributed by atoms with van der Waals surface area (Å²) in [5.74, 6) is -0.354. The summed E-state index contributed by atoms with van der Waals surface area (Å²) in [5, 5.41) is 9.12. The van der Waals surface area contributed by atoms with E-state index >= 15 is 0 Å². The zero-order chi connectivity index (χ0) is 14.7. The first-order valence-electron chi connectivity index (χ1n) is 6.04. The second kappa shape index (κ2) is 5.52. The molecule has 0 aliphatic rings. The van der Waals surface area contributed by atoms with Crippen LogP contribution >= 0.6 is 0 Å². The number of methoxy groups -OCH3 is 1. The van der Waals surface area contributed by atoms with Gasteiger partial charge in [-0.1, -0.05) is 18.2 Å². The molecule has 0 radical (unpaired) electrons. The van der Waals surface area contributed by atoms with Crippen LogP contribution in [0.2, 0.25) is 0 Å². The normalized spacial score (nSPS) is 10.1. The average molecular weight is 272 g/mol. The Morgan fingerprint density at radius 2 is 1.80 bits per heavy atom. The molecule has 0 amide bonds. The van der Waals surface area contributed by atoms with Gasteiger partial charge in [0.1, 0.15) is 5.75 Å². The molecular weight excluding hydrogens is 256 g/mol. The van der Waals surface area contributed by atoms with Crippen molar-refractivity contribution in [3.05, 3.63) is 48.0 Å². The van der Waals surface area contributed by atoms with Crippen molar-refractivity contribution < 1.29 is 14.6 Å². The number of carboxylic acid groups (broad SMARTS) is 1. The van der Waals surface area contributed by atoms with Gasteiger partial charge in [0.15, 0.2) is 0 Å². The number of carbonyl (C=O) groups is 1. The highest BCUT2D eigenvalue weighted by Gasteiger charge is 2.16. The average Bonchev–Trinajstić information content (AvgIpc) is 2.46. The predicted octanol–water partition coefficient (Wildman–Crippen LogP) is 2.74. The molecule has 0 atom stereocenters. The summed E-state index contributed by atoms with van der Waals surface area (Å²) >= 11 is 0. The number of aromatic carboxylic acids is 1. The number of nitrogen functional groups attached to an aromatic ring is 1. The Balaban J connectivity index is 2.51. The summed E-state index contributed by atoms with van der Waals surface area (Å²) in [6.45, 7) is 0. The van der Waals surface area contributed by atoms with Crippen LogP contribution in [0, 0.1) is 0 Å². The Labute approximate surface area is 117 Å². The van der Waals surface area contributed by atoms with E-state index in [0.717, 1.165) is 5.69 Å². The summed E-state index contributed by atoms with van der Waals surface area (Å²) in [4.78, 5) is 12.9. The maximum absolute atomic E-state index is 11.1. The van der Waals surface area contributed by atoms with Crippen LogP contribution < -0.4 is 15.4 Å². The molecule has 0 unspecified atom stereocenters. The van der Waals surface area contributed by atoms with Crippen LogP contribution in [0.15, 0.2) is 42.5 Å². The second-order valence-corrected chi connectivity index (χ2v) is 4.27. The van der Waals surface area contributed by atoms with Gasteiger partial charge in [-0.05, 0) is 24.3 Å². The molecule has 0 aliphatic carbocycles. The molecule has 5 heteroatoms.